The number of hydrogen-bond donors (Lipinski definition) is 2. The van der Waals surface area contributed by atoms with Crippen LogP contribution in [0, 0.1) is 0 Å². The van der Waals surface area contributed by atoms with Crippen LogP contribution in [0.2, 0.25) is 0 Å². The van der Waals surface area contributed by atoms with Gasteiger partial charge in [-0.15, -0.1) is 0 Å². The Morgan fingerprint density at radius 1 is 1.33 bits per heavy atom. The summed E-state index contributed by atoms with van der Waals surface area (Å²) in [6, 6.07) is 8.64. The first-order valence-corrected chi connectivity index (χ1v) is 4.37. The highest BCUT2D eigenvalue weighted by Crippen LogP contribution is 2.09. The molecular weight excluding hydrogens is 196 g/mol. The standard InChI is InChI=1S/C10H12N2O3/c1-7(13)12-10(9(11)14)15-8-5-3-2-4-6-8/h2-6,10H,1H3,(H2,11,14)(H,12,13). The minimum atomic E-state index is -1.13. The third-order valence-electron chi connectivity index (χ3n) is 1.59. The van der Waals surface area contributed by atoms with Crippen molar-refractivity contribution in [2.45, 2.75) is 13.2 Å². The molecule has 0 aromatic heterocycles. The SMILES string of the molecule is CC(=O)NC(Oc1ccccc1)C(N)=O. The van der Waals surface area contributed by atoms with Gasteiger partial charge in [-0.25, -0.2) is 0 Å². The average molecular weight is 208 g/mol. The maximum absolute atomic E-state index is 10.9. The van der Waals surface area contributed by atoms with Crippen LogP contribution in [0.4, 0.5) is 0 Å². The molecule has 1 unspecified atom stereocenters. The fourth-order valence-electron chi connectivity index (χ4n) is 0.978. The summed E-state index contributed by atoms with van der Waals surface area (Å²) in [6.45, 7) is 1.28. The van der Waals surface area contributed by atoms with Crippen molar-refractivity contribution in [3.8, 4) is 5.75 Å². The molecule has 0 bridgehead atoms. The molecular formula is C10H12N2O3. The fraction of sp³-hybridized carbons (Fsp3) is 0.200. The van der Waals surface area contributed by atoms with Crippen LogP contribution < -0.4 is 15.8 Å². The lowest BCUT2D eigenvalue weighted by Crippen LogP contribution is -2.47. The van der Waals surface area contributed by atoms with Gasteiger partial charge < -0.3 is 15.8 Å². The number of benzene rings is 1. The van der Waals surface area contributed by atoms with E-state index in [1.165, 1.54) is 6.92 Å². The Hall–Kier alpha value is -2.04. The van der Waals surface area contributed by atoms with Crippen molar-refractivity contribution in [2.24, 2.45) is 5.73 Å². The van der Waals surface area contributed by atoms with Crippen LogP contribution in [0.1, 0.15) is 6.92 Å². The Labute approximate surface area is 87.2 Å². The van der Waals surface area contributed by atoms with Crippen LogP contribution in [-0.2, 0) is 9.59 Å². The maximum atomic E-state index is 10.9. The monoisotopic (exact) mass is 208 g/mol. The second-order valence-electron chi connectivity index (χ2n) is 2.91. The minimum absolute atomic E-state index is 0.380. The maximum Gasteiger partial charge on any atom is 0.280 e. The lowest BCUT2D eigenvalue weighted by molar-refractivity contribution is -0.132. The van der Waals surface area contributed by atoms with Crippen molar-refractivity contribution in [3.63, 3.8) is 0 Å². The zero-order valence-corrected chi connectivity index (χ0v) is 8.27. The van der Waals surface area contributed by atoms with Crippen molar-refractivity contribution in [2.75, 3.05) is 0 Å². The van der Waals surface area contributed by atoms with Crippen LogP contribution in [-0.4, -0.2) is 18.0 Å². The molecule has 0 heterocycles. The molecule has 0 saturated carbocycles. The van der Waals surface area contributed by atoms with Crippen LogP contribution in [0.25, 0.3) is 0 Å². The summed E-state index contributed by atoms with van der Waals surface area (Å²) in [5, 5.41) is 2.29. The van der Waals surface area contributed by atoms with Crippen molar-refractivity contribution in [1.29, 1.82) is 0 Å². The van der Waals surface area contributed by atoms with E-state index in [0.29, 0.717) is 5.75 Å². The zero-order valence-electron chi connectivity index (χ0n) is 8.27. The molecule has 0 aliphatic heterocycles. The van der Waals surface area contributed by atoms with E-state index in [2.05, 4.69) is 5.32 Å². The topological polar surface area (TPSA) is 81.4 Å². The van der Waals surface area contributed by atoms with Gasteiger partial charge in [-0.05, 0) is 12.1 Å². The van der Waals surface area contributed by atoms with E-state index >= 15 is 0 Å². The summed E-state index contributed by atoms with van der Waals surface area (Å²) < 4.78 is 5.18. The van der Waals surface area contributed by atoms with Crippen molar-refractivity contribution >= 4 is 11.8 Å². The van der Waals surface area contributed by atoms with Crippen molar-refractivity contribution < 1.29 is 14.3 Å². The Morgan fingerprint density at radius 3 is 2.40 bits per heavy atom. The van der Waals surface area contributed by atoms with Crippen molar-refractivity contribution in [1.82, 2.24) is 5.32 Å². The molecule has 0 aliphatic rings. The second-order valence-corrected chi connectivity index (χ2v) is 2.91. The van der Waals surface area contributed by atoms with E-state index in [-0.39, 0.29) is 5.91 Å². The molecule has 80 valence electrons. The molecule has 0 fully saturated rings. The number of nitrogens with two attached hydrogens (primary N) is 1. The normalized spacial score (nSPS) is 11.5. The van der Waals surface area contributed by atoms with E-state index in [0.717, 1.165) is 0 Å². The van der Waals surface area contributed by atoms with E-state index in [1.807, 2.05) is 6.07 Å². The van der Waals surface area contributed by atoms with E-state index in [4.69, 9.17) is 10.5 Å². The number of ether oxygens (including phenoxy) is 1. The summed E-state index contributed by atoms with van der Waals surface area (Å²) >= 11 is 0. The smallest absolute Gasteiger partial charge is 0.280 e. The molecule has 3 N–H and O–H groups in total. The Morgan fingerprint density at radius 2 is 1.93 bits per heavy atom. The van der Waals surface area contributed by atoms with E-state index in [1.54, 1.807) is 24.3 Å². The Balaban J connectivity index is 2.67. The van der Waals surface area contributed by atoms with Gasteiger partial charge in [0.25, 0.3) is 12.1 Å². The predicted octanol–water partition coefficient (Wildman–Crippen LogP) is 0.0129. The van der Waals surface area contributed by atoms with Crippen LogP contribution >= 0.6 is 0 Å². The molecule has 1 rings (SSSR count). The van der Waals surface area contributed by atoms with Gasteiger partial charge in [0.1, 0.15) is 5.75 Å². The van der Waals surface area contributed by atoms with Gasteiger partial charge in [0.05, 0.1) is 0 Å². The van der Waals surface area contributed by atoms with E-state index in [9.17, 15) is 9.59 Å². The molecule has 1 aromatic carbocycles. The summed E-state index contributed by atoms with van der Waals surface area (Å²) in [7, 11) is 0. The predicted molar refractivity (Wildman–Crippen MR) is 53.9 cm³/mol. The first kappa shape index (κ1) is 11.0. The molecule has 15 heavy (non-hydrogen) atoms. The Bertz CT molecular complexity index is 351. The molecule has 5 nitrogen and oxygen atoms in total. The third kappa shape index (κ3) is 3.68. The lowest BCUT2D eigenvalue weighted by Gasteiger charge is -2.16. The van der Waals surface area contributed by atoms with Gasteiger partial charge >= 0.3 is 0 Å². The largest absolute Gasteiger partial charge is 0.461 e. The number of primary amides is 1. The summed E-state index contributed by atoms with van der Waals surface area (Å²) in [4.78, 5) is 21.7. The number of hydrogen-bond acceptors (Lipinski definition) is 3. The van der Waals surface area contributed by atoms with E-state index < -0.39 is 12.1 Å². The number of nitrogens with one attached hydrogen (secondary N) is 1. The molecule has 1 atom stereocenters. The minimum Gasteiger partial charge on any atom is -0.461 e. The fourth-order valence-corrected chi connectivity index (χ4v) is 0.978. The van der Waals surface area contributed by atoms with Gasteiger partial charge in [0.15, 0.2) is 0 Å². The van der Waals surface area contributed by atoms with Gasteiger partial charge in [0.2, 0.25) is 5.91 Å². The second kappa shape index (κ2) is 4.99. The summed E-state index contributed by atoms with van der Waals surface area (Å²) in [5.41, 5.74) is 5.05. The van der Waals surface area contributed by atoms with Crippen molar-refractivity contribution in [3.05, 3.63) is 30.3 Å². The third-order valence-corrected chi connectivity index (χ3v) is 1.59. The first-order valence-electron chi connectivity index (χ1n) is 4.37. The number of para-hydroxylation sites is 1. The quantitative estimate of drug-likeness (QED) is 0.684. The highest BCUT2D eigenvalue weighted by Gasteiger charge is 2.17. The van der Waals surface area contributed by atoms with Crippen LogP contribution in [0.3, 0.4) is 0 Å². The first-order chi connectivity index (χ1) is 7.09. The van der Waals surface area contributed by atoms with Gasteiger partial charge in [-0.2, -0.15) is 0 Å². The average Bonchev–Trinajstić information content (AvgIpc) is 2.17. The lowest BCUT2D eigenvalue weighted by atomic mass is 10.3. The van der Waals surface area contributed by atoms with Gasteiger partial charge in [-0.1, -0.05) is 18.2 Å². The molecule has 1 aromatic rings. The highest BCUT2D eigenvalue weighted by atomic mass is 16.5. The highest BCUT2D eigenvalue weighted by molar-refractivity contribution is 5.84. The molecule has 0 spiro atoms. The summed E-state index contributed by atoms with van der Waals surface area (Å²) in [5.74, 6) is -0.654. The van der Waals surface area contributed by atoms with Gasteiger partial charge in [-0.3, -0.25) is 9.59 Å². The van der Waals surface area contributed by atoms with Crippen LogP contribution in [0.15, 0.2) is 30.3 Å². The van der Waals surface area contributed by atoms with Gasteiger partial charge in [0, 0.05) is 6.92 Å². The molecule has 0 saturated heterocycles. The zero-order chi connectivity index (χ0) is 11.3. The molecule has 2 amide bonds. The summed E-state index contributed by atoms with van der Waals surface area (Å²) in [6.07, 6.45) is -1.13. The number of rotatable bonds is 4. The Kier molecular flexibility index (Phi) is 3.68. The molecule has 0 aliphatic carbocycles. The molecule has 0 radical (unpaired) electrons. The number of carbonyl (C=O) groups excluding carboxylic acids is 2. The number of carbonyl (C=O) groups is 2. The number of amides is 2. The molecule has 5 heteroatoms. The van der Waals surface area contributed by atoms with Crippen LogP contribution in [0.5, 0.6) is 5.75 Å².